The second-order valence-corrected chi connectivity index (χ2v) is 6.30. The Morgan fingerprint density at radius 3 is 2.67 bits per heavy atom. The molecule has 1 aliphatic heterocycles. The van der Waals surface area contributed by atoms with Crippen molar-refractivity contribution in [2.45, 2.75) is 31.1 Å². The third kappa shape index (κ3) is 3.67. The summed E-state index contributed by atoms with van der Waals surface area (Å²) in [5, 5.41) is 10.3. The van der Waals surface area contributed by atoms with Gasteiger partial charge in [-0.3, -0.25) is 4.79 Å². The lowest BCUT2D eigenvalue weighted by Crippen LogP contribution is -2.16. The summed E-state index contributed by atoms with van der Waals surface area (Å²) in [5.41, 5.74) is 0.605. The van der Waals surface area contributed by atoms with Crippen LogP contribution >= 0.6 is 11.8 Å². The van der Waals surface area contributed by atoms with E-state index >= 15 is 0 Å². The molecule has 1 aliphatic rings. The Kier molecular flexibility index (Phi) is 5.07. The number of hydrogen-bond acceptors (Lipinski definition) is 5. The number of carbonyl (C=O) groups is 2. The van der Waals surface area contributed by atoms with Crippen molar-refractivity contribution >= 4 is 23.5 Å². The first kappa shape index (κ1) is 15.6. The lowest BCUT2D eigenvalue weighted by molar-refractivity contribution is -0.141. The maximum Gasteiger partial charge on any atom is 0.346 e. The summed E-state index contributed by atoms with van der Waals surface area (Å²) in [6.07, 6.45) is 1.83. The van der Waals surface area contributed by atoms with Gasteiger partial charge in [-0.1, -0.05) is 37.3 Å². The van der Waals surface area contributed by atoms with E-state index in [-0.39, 0.29) is 23.0 Å². The Hall–Kier alpha value is -1.75. The van der Waals surface area contributed by atoms with Crippen molar-refractivity contribution in [3.05, 3.63) is 47.2 Å². The summed E-state index contributed by atoms with van der Waals surface area (Å²) in [4.78, 5) is 24.0. The Bertz CT molecular complexity index is 565. The highest BCUT2D eigenvalue weighted by molar-refractivity contribution is 7.99. The summed E-state index contributed by atoms with van der Waals surface area (Å²) in [6, 6.07) is 9.13. The van der Waals surface area contributed by atoms with E-state index in [9.17, 15) is 14.7 Å². The Balaban J connectivity index is 2.13. The maximum absolute atomic E-state index is 12.2. The molecule has 0 saturated carbocycles. The molecule has 1 N–H and O–H groups in total. The fourth-order valence-corrected chi connectivity index (χ4v) is 2.56. The molecule has 1 heterocycles. The van der Waals surface area contributed by atoms with Crippen LogP contribution in [0.4, 0.5) is 0 Å². The second kappa shape index (κ2) is 6.80. The third-order valence-corrected chi connectivity index (χ3v) is 4.45. The fourth-order valence-electron chi connectivity index (χ4n) is 2.19. The number of carbonyl (C=O) groups excluding carboxylic acids is 2. The molecular weight excluding hydrogens is 288 g/mol. The van der Waals surface area contributed by atoms with Crippen molar-refractivity contribution in [2.75, 3.05) is 6.26 Å². The summed E-state index contributed by atoms with van der Waals surface area (Å²) in [7, 11) is 0. The number of benzene rings is 1. The number of ketones is 1. The van der Waals surface area contributed by atoms with Crippen molar-refractivity contribution < 1.29 is 19.4 Å². The molecule has 5 heteroatoms. The zero-order chi connectivity index (χ0) is 15.4. The van der Waals surface area contributed by atoms with Gasteiger partial charge < -0.3 is 9.84 Å². The van der Waals surface area contributed by atoms with Crippen LogP contribution < -0.4 is 0 Å². The number of esters is 1. The van der Waals surface area contributed by atoms with Gasteiger partial charge in [0.1, 0.15) is 5.57 Å². The largest absolute Gasteiger partial charge is 0.507 e. The first-order chi connectivity index (χ1) is 10.0. The lowest BCUT2D eigenvalue weighted by Gasteiger charge is -2.13. The molecule has 2 unspecified atom stereocenters. The van der Waals surface area contributed by atoms with Crippen LogP contribution in [-0.4, -0.2) is 34.5 Å². The molecule has 4 nitrogen and oxygen atoms in total. The molecule has 21 heavy (non-hydrogen) atoms. The molecule has 0 aliphatic carbocycles. The zero-order valence-corrected chi connectivity index (χ0v) is 12.9. The summed E-state index contributed by atoms with van der Waals surface area (Å²) in [6.45, 7) is 1.98. The van der Waals surface area contributed by atoms with Crippen LogP contribution in [-0.2, 0) is 20.7 Å². The van der Waals surface area contributed by atoms with Gasteiger partial charge in [-0.05, 0) is 11.8 Å². The van der Waals surface area contributed by atoms with Gasteiger partial charge in [0, 0.05) is 18.1 Å². The topological polar surface area (TPSA) is 63.6 Å². The van der Waals surface area contributed by atoms with Crippen LogP contribution in [0.2, 0.25) is 0 Å². The van der Waals surface area contributed by atoms with Gasteiger partial charge in [0.25, 0.3) is 0 Å². The number of thioether (sulfide) groups is 1. The van der Waals surface area contributed by atoms with Gasteiger partial charge in [0.15, 0.2) is 17.6 Å². The molecule has 0 bridgehead atoms. The molecule has 112 valence electrons. The van der Waals surface area contributed by atoms with Crippen molar-refractivity contribution in [1.29, 1.82) is 0 Å². The minimum Gasteiger partial charge on any atom is -0.507 e. The van der Waals surface area contributed by atoms with E-state index in [0.29, 0.717) is 6.42 Å². The summed E-state index contributed by atoms with van der Waals surface area (Å²) < 4.78 is 5.12. The smallest absolute Gasteiger partial charge is 0.346 e. The first-order valence-corrected chi connectivity index (χ1v) is 8.05. The zero-order valence-electron chi connectivity index (χ0n) is 12.0. The van der Waals surface area contributed by atoms with Gasteiger partial charge in [0.2, 0.25) is 0 Å². The molecule has 0 amide bonds. The van der Waals surface area contributed by atoms with Crippen LogP contribution in [0.25, 0.3) is 0 Å². The second-order valence-electron chi connectivity index (χ2n) is 5.02. The molecule has 0 spiro atoms. The predicted octanol–water partition coefficient (Wildman–Crippen LogP) is 2.68. The number of ether oxygens (including phenoxy) is 1. The molecule has 1 aromatic carbocycles. The number of rotatable bonds is 6. The average Bonchev–Trinajstić information content (AvgIpc) is 2.74. The minimum absolute atomic E-state index is 0.0835. The molecule has 1 aromatic rings. The molecule has 0 saturated heterocycles. The highest BCUT2D eigenvalue weighted by atomic mass is 32.2. The highest BCUT2D eigenvalue weighted by Gasteiger charge is 2.38. The van der Waals surface area contributed by atoms with E-state index in [2.05, 4.69) is 0 Å². The van der Waals surface area contributed by atoms with Crippen molar-refractivity contribution in [2.24, 2.45) is 0 Å². The van der Waals surface area contributed by atoms with Crippen LogP contribution in [0.3, 0.4) is 0 Å². The Labute approximate surface area is 128 Å². The van der Waals surface area contributed by atoms with Gasteiger partial charge in [0.05, 0.1) is 0 Å². The Morgan fingerprint density at radius 1 is 1.38 bits per heavy atom. The van der Waals surface area contributed by atoms with Crippen LogP contribution in [0.1, 0.15) is 18.9 Å². The minimum atomic E-state index is -0.716. The predicted molar refractivity (Wildman–Crippen MR) is 82.3 cm³/mol. The Morgan fingerprint density at radius 2 is 2.05 bits per heavy atom. The van der Waals surface area contributed by atoms with Gasteiger partial charge in [-0.2, -0.15) is 11.8 Å². The van der Waals surface area contributed by atoms with Gasteiger partial charge >= 0.3 is 5.97 Å². The molecule has 0 aromatic heterocycles. The van der Waals surface area contributed by atoms with Crippen molar-refractivity contribution in [3.63, 3.8) is 0 Å². The molecule has 2 rings (SSSR count). The molecule has 0 fully saturated rings. The number of hydrogen-bond donors (Lipinski definition) is 1. The standard InChI is InChI=1S/C16H18O4S/c1-10(21-2)8-13-15(18)14(16(19)20-13)12(17)9-11-6-4-3-5-7-11/h3-7,10,13,18H,8-9H2,1-2H3. The van der Waals surface area contributed by atoms with E-state index in [1.54, 1.807) is 11.8 Å². The number of cyclic esters (lactones) is 1. The highest BCUT2D eigenvalue weighted by Crippen LogP contribution is 2.28. The lowest BCUT2D eigenvalue weighted by atomic mass is 10.0. The molecule has 0 radical (unpaired) electrons. The summed E-state index contributed by atoms with van der Waals surface area (Å²) in [5.74, 6) is -1.34. The summed E-state index contributed by atoms with van der Waals surface area (Å²) >= 11 is 1.62. The number of Topliss-reactive ketones (excluding diaryl/α,β-unsaturated/α-hetero) is 1. The van der Waals surface area contributed by atoms with Crippen molar-refractivity contribution in [3.8, 4) is 0 Å². The monoisotopic (exact) mass is 306 g/mol. The van der Waals surface area contributed by atoms with E-state index in [0.717, 1.165) is 5.56 Å². The van der Waals surface area contributed by atoms with Crippen LogP contribution in [0.15, 0.2) is 41.7 Å². The third-order valence-electron chi connectivity index (χ3n) is 3.45. The SMILES string of the molecule is CSC(C)CC1OC(=O)C(C(=O)Cc2ccccc2)=C1O. The maximum atomic E-state index is 12.2. The van der Waals surface area contributed by atoms with Crippen molar-refractivity contribution in [1.82, 2.24) is 0 Å². The molecule has 2 atom stereocenters. The normalized spacial score (nSPS) is 19.5. The van der Waals surface area contributed by atoms with E-state index < -0.39 is 17.9 Å². The van der Waals surface area contributed by atoms with E-state index in [4.69, 9.17) is 4.74 Å². The van der Waals surface area contributed by atoms with E-state index in [1.807, 2.05) is 43.5 Å². The van der Waals surface area contributed by atoms with E-state index in [1.165, 1.54) is 0 Å². The van der Waals surface area contributed by atoms with Gasteiger partial charge in [-0.25, -0.2) is 4.79 Å². The average molecular weight is 306 g/mol. The quantitative estimate of drug-likeness (QED) is 0.646. The molecular formula is C16H18O4S. The van der Waals surface area contributed by atoms with Crippen LogP contribution in [0, 0.1) is 0 Å². The first-order valence-electron chi connectivity index (χ1n) is 6.77. The fraction of sp³-hybridized carbons (Fsp3) is 0.375. The number of aliphatic hydroxyl groups excluding tert-OH is 1. The van der Waals surface area contributed by atoms with Gasteiger partial charge in [-0.15, -0.1) is 0 Å². The van der Waals surface area contributed by atoms with Crippen LogP contribution in [0.5, 0.6) is 0 Å². The number of aliphatic hydroxyl groups is 1.